The van der Waals surface area contributed by atoms with Gasteiger partial charge in [0, 0.05) is 18.2 Å². The molecule has 5 aromatic rings. The van der Waals surface area contributed by atoms with Gasteiger partial charge >= 0.3 is 0 Å². The van der Waals surface area contributed by atoms with E-state index in [1.165, 1.54) is 6.33 Å². The van der Waals surface area contributed by atoms with Crippen molar-refractivity contribution >= 4 is 11.0 Å². The maximum absolute atomic E-state index is 9.14. The van der Waals surface area contributed by atoms with Crippen LogP contribution in [0.4, 0.5) is 0 Å². The fourth-order valence-corrected chi connectivity index (χ4v) is 4.18. The zero-order chi connectivity index (χ0) is 24.6. The van der Waals surface area contributed by atoms with Gasteiger partial charge in [0.05, 0.1) is 43.7 Å². The first-order valence-corrected chi connectivity index (χ1v) is 11.4. The number of benzene rings is 1. The normalized spacial score (nSPS) is 13.0. The lowest BCUT2D eigenvalue weighted by atomic mass is 10.1. The zero-order valence-electron chi connectivity index (χ0n) is 19.7. The first kappa shape index (κ1) is 21.7. The van der Waals surface area contributed by atoms with Crippen molar-refractivity contribution in [1.29, 1.82) is 5.26 Å². The molecular formula is C25H21N9O2. The summed E-state index contributed by atoms with van der Waals surface area (Å²) in [6.45, 7) is 0.512. The average molecular weight is 480 g/mol. The molecule has 11 heteroatoms. The monoisotopic (exact) mass is 479 g/mol. The van der Waals surface area contributed by atoms with Crippen LogP contribution in [0, 0.1) is 11.3 Å². The van der Waals surface area contributed by atoms with Crippen molar-refractivity contribution in [2.75, 3.05) is 14.2 Å². The molecule has 1 aromatic carbocycles. The fraction of sp³-hybridized carbons (Fsp3) is 0.240. The van der Waals surface area contributed by atoms with Crippen LogP contribution < -0.4 is 9.47 Å². The van der Waals surface area contributed by atoms with Crippen LogP contribution in [0.1, 0.15) is 35.7 Å². The van der Waals surface area contributed by atoms with E-state index in [1.807, 2.05) is 35.0 Å². The minimum absolute atomic E-state index is 0.291. The van der Waals surface area contributed by atoms with Crippen molar-refractivity contribution in [2.45, 2.75) is 25.3 Å². The van der Waals surface area contributed by atoms with Gasteiger partial charge in [-0.05, 0) is 30.5 Å². The molecule has 0 N–H and O–H groups in total. The van der Waals surface area contributed by atoms with Gasteiger partial charge < -0.3 is 9.47 Å². The van der Waals surface area contributed by atoms with Gasteiger partial charge in [-0.3, -0.25) is 0 Å². The molecular weight excluding hydrogens is 458 g/mol. The summed E-state index contributed by atoms with van der Waals surface area (Å²) in [7, 11) is 3.14. The van der Waals surface area contributed by atoms with Crippen LogP contribution >= 0.6 is 0 Å². The molecule has 0 spiro atoms. The summed E-state index contributed by atoms with van der Waals surface area (Å²) in [5, 5.41) is 18.8. The molecule has 0 unspecified atom stereocenters. The van der Waals surface area contributed by atoms with Crippen LogP contribution in [0.3, 0.4) is 0 Å². The minimum atomic E-state index is 0.291. The summed E-state index contributed by atoms with van der Waals surface area (Å²) in [5.74, 6) is 1.88. The summed E-state index contributed by atoms with van der Waals surface area (Å²) >= 11 is 0. The van der Waals surface area contributed by atoms with Gasteiger partial charge in [-0.25, -0.2) is 24.6 Å². The Balaban J connectivity index is 1.33. The molecule has 1 aliphatic rings. The molecule has 1 saturated carbocycles. The number of rotatable bonds is 7. The Morgan fingerprint density at radius 1 is 1.06 bits per heavy atom. The Hall–Kier alpha value is -4.85. The molecule has 11 nitrogen and oxygen atoms in total. The van der Waals surface area contributed by atoms with Crippen LogP contribution in [-0.2, 0) is 6.54 Å². The maximum Gasteiger partial charge on any atom is 0.227 e. The molecule has 0 aliphatic heterocycles. The second-order valence-electron chi connectivity index (χ2n) is 8.45. The third-order valence-electron chi connectivity index (χ3n) is 6.11. The maximum atomic E-state index is 9.14. The van der Waals surface area contributed by atoms with Crippen molar-refractivity contribution in [3.05, 3.63) is 66.0 Å². The van der Waals surface area contributed by atoms with E-state index in [4.69, 9.17) is 19.7 Å². The minimum Gasteiger partial charge on any atom is -0.481 e. The van der Waals surface area contributed by atoms with E-state index in [9.17, 15) is 0 Å². The Morgan fingerprint density at radius 3 is 2.61 bits per heavy atom. The topological polar surface area (TPSA) is 129 Å². The van der Waals surface area contributed by atoms with Crippen molar-refractivity contribution in [3.63, 3.8) is 0 Å². The van der Waals surface area contributed by atoms with Gasteiger partial charge in [0.1, 0.15) is 18.0 Å². The van der Waals surface area contributed by atoms with Crippen LogP contribution in [0.25, 0.3) is 28.1 Å². The van der Waals surface area contributed by atoms with Gasteiger partial charge in [-0.2, -0.15) is 20.1 Å². The van der Waals surface area contributed by atoms with Gasteiger partial charge in [-0.1, -0.05) is 12.1 Å². The summed E-state index contributed by atoms with van der Waals surface area (Å²) in [6, 6.07) is 11.4. The van der Waals surface area contributed by atoms with Crippen LogP contribution in [0.2, 0.25) is 0 Å². The Kier molecular flexibility index (Phi) is 5.26. The van der Waals surface area contributed by atoms with Crippen molar-refractivity contribution in [2.24, 2.45) is 0 Å². The number of ether oxygens (including phenoxy) is 2. The number of methoxy groups -OCH3 is 2. The standard InChI is InChI=1S/C25H21N9O2/c1-35-20-9-18(10-26)32-34(20)19-7-3-15(4-8-19)13-33-24-17(12-30-33)11-27-23(31-24)21-22(16-5-6-16)28-14-29-25(21)36-2/h3-4,7-9,11-12,14,16H,5-6,13H2,1-2H3. The van der Waals surface area contributed by atoms with Crippen molar-refractivity contribution in [3.8, 4) is 34.9 Å². The van der Waals surface area contributed by atoms with Gasteiger partial charge in [-0.15, -0.1) is 0 Å². The molecule has 6 rings (SSSR count). The molecule has 0 amide bonds. The van der Waals surface area contributed by atoms with Crippen molar-refractivity contribution in [1.82, 2.24) is 39.5 Å². The molecule has 0 bridgehead atoms. The summed E-state index contributed by atoms with van der Waals surface area (Å²) in [4.78, 5) is 18.2. The highest BCUT2D eigenvalue weighted by Crippen LogP contribution is 2.44. The molecule has 0 radical (unpaired) electrons. The van der Waals surface area contributed by atoms with E-state index in [-0.39, 0.29) is 0 Å². The van der Waals surface area contributed by atoms with E-state index in [0.29, 0.717) is 41.4 Å². The SMILES string of the molecule is COc1ncnc(C2CC2)c1-c1ncc2cnn(Cc3ccc(-n4nc(C#N)cc4OC)cc3)c2n1. The molecule has 1 fully saturated rings. The number of nitriles is 1. The molecule has 36 heavy (non-hydrogen) atoms. The van der Waals surface area contributed by atoms with E-state index in [0.717, 1.165) is 40.7 Å². The van der Waals surface area contributed by atoms with Gasteiger partial charge in [0.25, 0.3) is 0 Å². The predicted molar refractivity (Wildman–Crippen MR) is 129 cm³/mol. The zero-order valence-corrected chi connectivity index (χ0v) is 19.7. The van der Waals surface area contributed by atoms with E-state index in [2.05, 4.69) is 25.1 Å². The largest absolute Gasteiger partial charge is 0.481 e. The number of hydrogen-bond donors (Lipinski definition) is 0. The number of aromatic nitrogens is 8. The first-order chi connectivity index (χ1) is 17.7. The highest BCUT2D eigenvalue weighted by Gasteiger charge is 2.31. The fourth-order valence-electron chi connectivity index (χ4n) is 4.18. The molecule has 0 saturated heterocycles. The molecule has 4 heterocycles. The Labute approximate surface area is 206 Å². The lowest BCUT2D eigenvalue weighted by Crippen LogP contribution is -2.06. The lowest BCUT2D eigenvalue weighted by molar-refractivity contribution is 0.383. The molecule has 4 aromatic heterocycles. The third kappa shape index (κ3) is 3.78. The van der Waals surface area contributed by atoms with Gasteiger partial charge in [0.15, 0.2) is 17.2 Å². The second kappa shape index (κ2) is 8.74. The van der Waals surface area contributed by atoms with Crippen LogP contribution in [-0.4, -0.2) is 53.7 Å². The summed E-state index contributed by atoms with van der Waals surface area (Å²) < 4.78 is 14.3. The second-order valence-corrected chi connectivity index (χ2v) is 8.45. The molecule has 1 aliphatic carbocycles. The van der Waals surface area contributed by atoms with Crippen molar-refractivity contribution < 1.29 is 9.47 Å². The van der Waals surface area contributed by atoms with Crippen LogP contribution in [0.5, 0.6) is 11.8 Å². The van der Waals surface area contributed by atoms with Crippen LogP contribution in [0.15, 0.2) is 49.1 Å². The third-order valence-corrected chi connectivity index (χ3v) is 6.11. The van der Waals surface area contributed by atoms with E-state index >= 15 is 0 Å². The predicted octanol–water partition coefficient (Wildman–Crippen LogP) is 3.28. The molecule has 178 valence electrons. The number of hydrogen-bond acceptors (Lipinski definition) is 9. The molecule has 0 atom stereocenters. The summed E-state index contributed by atoms with van der Waals surface area (Å²) in [6.07, 6.45) is 7.23. The quantitative estimate of drug-likeness (QED) is 0.345. The lowest BCUT2D eigenvalue weighted by Gasteiger charge is -2.11. The number of nitrogens with zero attached hydrogens (tertiary/aromatic N) is 9. The van der Waals surface area contributed by atoms with Gasteiger partial charge in [0.2, 0.25) is 11.8 Å². The summed E-state index contributed by atoms with van der Waals surface area (Å²) in [5.41, 5.74) is 4.48. The highest BCUT2D eigenvalue weighted by molar-refractivity contribution is 5.77. The average Bonchev–Trinajstić information content (AvgIpc) is 3.57. The first-order valence-electron chi connectivity index (χ1n) is 11.4. The smallest absolute Gasteiger partial charge is 0.227 e. The highest BCUT2D eigenvalue weighted by atomic mass is 16.5. The Morgan fingerprint density at radius 2 is 1.89 bits per heavy atom. The van der Waals surface area contributed by atoms with E-state index < -0.39 is 0 Å². The Bertz CT molecular complexity index is 1610. The van der Waals surface area contributed by atoms with E-state index in [1.54, 1.807) is 37.4 Å². The number of fused-ring (bicyclic) bond motifs is 1.